The molecule has 0 fully saturated rings. The van der Waals surface area contributed by atoms with Crippen LogP contribution in [-0.4, -0.2) is 74.9 Å². The van der Waals surface area contributed by atoms with Gasteiger partial charge in [-0.1, -0.05) is 227 Å². The highest BCUT2D eigenvalue weighted by molar-refractivity contribution is 7.47. The fourth-order valence-corrected chi connectivity index (χ4v) is 8.64. The lowest BCUT2D eigenvalue weighted by Crippen LogP contribution is -2.37. The Morgan fingerprint density at radius 2 is 0.792 bits per heavy atom. The monoisotopic (exact) mass is 1030 g/mol. The normalized spacial score (nSPS) is 13.9. The molecule has 0 aliphatic carbocycles. The van der Waals surface area contributed by atoms with E-state index < -0.39 is 26.5 Å². The number of hydrogen-bond donors (Lipinski definition) is 1. The second-order valence-corrected chi connectivity index (χ2v) is 22.1. The predicted octanol–water partition coefficient (Wildman–Crippen LogP) is 18.3. The third-order valence-corrected chi connectivity index (χ3v) is 13.4. The molecule has 0 bridgehead atoms. The van der Waals surface area contributed by atoms with Gasteiger partial charge in [-0.05, 0) is 89.9 Å². The summed E-state index contributed by atoms with van der Waals surface area (Å²) in [6.45, 7) is 4.31. The van der Waals surface area contributed by atoms with Crippen molar-refractivity contribution in [3.63, 3.8) is 0 Å². The second-order valence-electron chi connectivity index (χ2n) is 20.6. The van der Waals surface area contributed by atoms with Crippen molar-refractivity contribution in [3.8, 4) is 0 Å². The van der Waals surface area contributed by atoms with Crippen molar-refractivity contribution in [3.05, 3.63) is 85.1 Å². The van der Waals surface area contributed by atoms with Crippen molar-refractivity contribution >= 4 is 19.8 Å². The van der Waals surface area contributed by atoms with Crippen LogP contribution in [0.5, 0.6) is 0 Å². The van der Waals surface area contributed by atoms with Crippen LogP contribution in [0, 0.1) is 0 Å². The van der Waals surface area contributed by atoms with Gasteiger partial charge in [-0.25, -0.2) is 4.57 Å². The highest BCUT2D eigenvalue weighted by Gasteiger charge is 2.27. The number of hydrogen-bond acceptors (Lipinski definition) is 7. The first kappa shape index (κ1) is 69.2. The second kappa shape index (κ2) is 53.0. The van der Waals surface area contributed by atoms with Gasteiger partial charge >= 0.3 is 19.8 Å². The summed E-state index contributed by atoms with van der Waals surface area (Å²) in [5.41, 5.74) is 0. The lowest BCUT2D eigenvalue weighted by atomic mass is 10.0. The Morgan fingerprint density at radius 3 is 1.18 bits per heavy atom. The van der Waals surface area contributed by atoms with E-state index in [1.165, 1.54) is 122 Å². The Hall–Kier alpha value is -2.81. The third kappa shape index (κ3) is 56.5. The molecule has 0 radical (unpaired) electrons. The maximum atomic E-state index is 12.8. The van der Waals surface area contributed by atoms with Crippen LogP contribution in [-0.2, 0) is 32.7 Å². The number of carbonyl (C=O) groups excluding carboxylic acids is 2. The molecule has 9 nitrogen and oxygen atoms in total. The molecule has 0 spiro atoms. The molecule has 416 valence electrons. The van der Waals surface area contributed by atoms with E-state index >= 15 is 0 Å². The molecule has 72 heavy (non-hydrogen) atoms. The van der Waals surface area contributed by atoms with Crippen LogP contribution in [0.15, 0.2) is 85.1 Å². The van der Waals surface area contributed by atoms with Crippen LogP contribution in [0.2, 0.25) is 0 Å². The van der Waals surface area contributed by atoms with Crippen molar-refractivity contribution in [2.75, 3.05) is 47.5 Å². The average molecular weight is 1030 g/mol. The van der Waals surface area contributed by atoms with Gasteiger partial charge in [0, 0.05) is 12.8 Å². The number of unbranched alkanes of at least 4 members (excludes halogenated alkanes) is 25. The molecular weight excluding hydrogens is 918 g/mol. The van der Waals surface area contributed by atoms with E-state index in [0.29, 0.717) is 17.4 Å². The molecule has 0 heterocycles. The number of phosphoric acid groups is 1. The standard InChI is InChI=1S/C62H110NO8P/c1-6-8-10-12-14-16-18-20-22-24-26-28-30-31-33-35-37-39-41-43-45-47-49-51-53-55-62(65)71-60(59-70-72(66,67)69-57-56-63(3,4)5)58-68-61(64)54-52-50-48-46-44-42-40-38-36-34-32-29-27-25-23-21-19-17-15-13-11-9-7-2/h8,10,14,16,19-22,25-28,32,34,60H,6-7,9,11-13,15,17-18,23-24,29-31,33,35-59H2,1-5H3/p+1/b10-8-,16-14-,21-19-,22-20-,27-25-,28-26-,34-32-. The lowest BCUT2D eigenvalue weighted by molar-refractivity contribution is -0.870. The Balaban J connectivity index is 4.19. The first-order valence-electron chi connectivity index (χ1n) is 29.3. The van der Waals surface area contributed by atoms with Gasteiger partial charge < -0.3 is 18.9 Å². The summed E-state index contributed by atoms with van der Waals surface area (Å²) in [6, 6.07) is 0. The molecular formula is C62H111NO8P+. The highest BCUT2D eigenvalue weighted by Crippen LogP contribution is 2.43. The lowest BCUT2D eigenvalue weighted by Gasteiger charge is -2.24. The minimum Gasteiger partial charge on any atom is -0.462 e. The van der Waals surface area contributed by atoms with E-state index in [1.54, 1.807) is 0 Å². The summed E-state index contributed by atoms with van der Waals surface area (Å²) < 4.78 is 34.6. The average Bonchev–Trinajstić information content (AvgIpc) is 3.34. The summed E-state index contributed by atoms with van der Waals surface area (Å²) in [7, 11) is 1.47. The van der Waals surface area contributed by atoms with Gasteiger partial charge in [0.2, 0.25) is 0 Å². The van der Waals surface area contributed by atoms with E-state index in [4.69, 9.17) is 18.5 Å². The summed E-state index contributed by atoms with van der Waals surface area (Å²) >= 11 is 0. The zero-order chi connectivity index (χ0) is 52.7. The van der Waals surface area contributed by atoms with Crippen molar-refractivity contribution in [1.29, 1.82) is 0 Å². The van der Waals surface area contributed by atoms with Crippen LogP contribution in [0.25, 0.3) is 0 Å². The number of likely N-dealkylation sites (N-methyl/N-ethyl adjacent to an activating group) is 1. The molecule has 0 amide bonds. The van der Waals surface area contributed by atoms with Crippen molar-refractivity contribution < 1.29 is 42.1 Å². The number of nitrogens with zero attached hydrogens (tertiary/aromatic N) is 1. The van der Waals surface area contributed by atoms with Gasteiger partial charge in [0.1, 0.15) is 19.8 Å². The molecule has 0 aromatic rings. The number of ether oxygens (including phenoxy) is 2. The molecule has 0 aromatic carbocycles. The van der Waals surface area contributed by atoms with E-state index in [1.807, 2.05) is 21.1 Å². The maximum absolute atomic E-state index is 12.8. The van der Waals surface area contributed by atoms with Crippen LogP contribution < -0.4 is 0 Å². The van der Waals surface area contributed by atoms with Gasteiger partial charge in [0.05, 0.1) is 27.7 Å². The number of quaternary nitrogens is 1. The van der Waals surface area contributed by atoms with Gasteiger partial charge in [0.15, 0.2) is 6.10 Å². The Bertz CT molecular complexity index is 1490. The minimum atomic E-state index is -4.39. The van der Waals surface area contributed by atoms with Crippen LogP contribution in [0.1, 0.15) is 245 Å². The molecule has 2 atom stereocenters. The molecule has 0 saturated carbocycles. The summed E-state index contributed by atoms with van der Waals surface area (Å²) in [5.74, 6) is -0.807. The number of carbonyl (C=O) groups is 2. The molecule has 0 aliphatic heterocycles. The first-order valence-corrected chi connectivity index (χ1v) is 30.8. The Morgan fingerprint density at radius 1 is 0.444 bits per heavy atom. The fraction of sp³-hybridized carbons (Fsp3) is 0.742. The molecule has 2 unspecified atom stereocenters. The van der Waals surface area contributed by atoms with Crippen molar-refractivity contribution in [2.45, 2.75) is 251 Å². The highest BCUT2D eigenvalue weighted by atomic mass is 31.2. The van der Waals surface area contributed by atoms with Gasteiger partial charge in [-0.2, -0.15) is 0 Å². The topological polar surface area (TPSA) is 108 Å². The number of rotatable bonds is 53. The summed E-state index contributed by atoms with van der Waals surface area (Å²) in [5, 5.41) is 0. The fourth-order valence-electron chi connectivity index (χ4n) is 7.90. The molecule has 0 saturated heterocycles. The van der Waals surface area contributed by atoms with Gasteiger partial charge in [-0.15, -0.1) is 0 Å². The van der Waals surface area contributed by atoms with Crippen molar-refractivity contribution in [2.24, 2.45) is 0 Å². The van der Waals surface area contributed by atoms with Gasteiger partial charge in [0.25, 0.3) is 0 Å². The van der Waals surface area contributed by atoms with E-state index in [9.17, 15) is 19.0 Å². The SMILES string of the molecule is CC/C=C\C/C=C\C/C=C\C/C=C\CCCCCCCCCCCCCCC(=O)OC(COC(=O)CCCCCCCCCC/C=C\C/C=C\C/C=C\CCCCCCC)COP(=O)(O)OCC[N+](C)(C)C. The quantitative estimate of drug-likeness (QED) is 0.0211. The summed E-state index contributed by atoms with van der Waals surface area (Å²) in [4.78, 5) is 35.7. The van der Waals surface area contributed by atoms with Crippen LogP contribution in [0.4, 0.5) is 0 Å². The minimum absolute atomic E-state index is 0.0266. The molecule has 10 heteroatoms. The Labute approximate surface area is 443 Å². The number of allylic oxidation sites excluding steroid dienone is 14. The first-order chi connectivity index (χ1) is 35.0. The zero-order valence-electron chi connectivity index (χ0n) is 47.1. The smallest absolute Gasteiger partial charge is 0.462 e. The van der Waals surface area contributed by atoms with E-state index in [-0.39, 0.29) is 32.0 Å². The molecule has 0 aromatic heterocycles. The number of phosphoric ester groups is 1. The molecule has 0 aliphatic rings. The number of esters is 2. The molecule has 0 rings (SSSR count). The van der Waals surface area contributed by atoms with E-state index in [2.05, 4.69) is 98.9 Å². The van der Waals surface area contributed by atoms with E-state index in [0.717, 1.165) is 89.9 Å². The van der Waals surface area contributed by atoms with Crippen LogP contribution >= 0.6 is 7.82 Å². The summed E-state index contributed by atoms with van der Waals surface area (Å²) in [6.07, 6.45) is 70.7. The maximum Gasteiger partial charge on any atom is 0.472 e. The predicted molar refractivity (Wildman–Crippen MR) is 307 cm³/mol. The van der Waals surface area contributed by atoms with Gasteiger partial charge in [-0.3, -0.25) is 18.6 Å². The van der Waals surface area contributed by atoms with Crippen LogP contribution in [0.3, 0.4) is 0 Å². The van der Waals surface area contributed by atoms with Crippen molar-refractivity contribution in [1.82, 2.24) is 0 Å². The Kier molecular flexibility index (Phi) is 51.0. The molecule has 1 N–H and O–H groups in total. The third-order valence-electron chi connectivity index (χ3n) is 12.4. The largest absolute Gasteiger partial charge is 0.472 e. The zero-order valence-corrected chi connectivity index (χ0v) is 48.0.